The maximum atomic E-state index is 14.0. The number of benzene rings is 1. The van der Waals surface area contributed by atoms with Gasteiger partial charge in [0.1, 0.15) is 5.75 Å². The van der Waals surface area contributed by atoms with Gasteiger partial charge in [0.15, 0.2) is 0 Å². The Balaban J connectivity index is 3.28. The molecule has 35 heavy (non-hydrogen) atoms. The molecule has 17 heteroatoms. The minimum absolute atomic E-state index is 0.0771. The Hall–Kier alpha value is -1.75. The van der Waals surface area contributed by atoms with Crippen LogP contribution in [0.1, 0.15) is 45.6 Å². The van der Waals surface area contributed by atoms with Crippen molar-refractivity contribution in [1.82, 2.24) is 4.72 Å². The summed E-state index contributed by atoms with van der Waals surface area (Å²) in [6, 6.07) is -2.84. The van der Waals surface area contributed by atoms with Gasteiger partial charge in [-0.1, -0.05) is 39.8 Å². The van der Waals surface area contributed by atoms with E-state index in [1.807, 2.05) is 27.7 Å². The van der Waals surface area contributed by atoms with E-state index in [1.165, 1.54) is 12.1 Å². The smallest absolute Gasteiger partial charge is 0.378 e. The monoisotopic (exact) mass is 567 g/mol. The average molecular weight is 567 g/mol. The van der Waals surface area contributed by atoms with Crippen LogP contribution in [0.3, 0.4) is 0 Å². The predicted octanol–water partition coefficient (Wildman–Crippen LogP) is 5.44. The zero-order valence-corrected chi connectivity index (χ0v) is 20.1. The molecule has 0 aliphatic carbocycles. The Morgan fingerprint density at radius 2 is 1.29 bits per heavy atom. The molecule has 0 spiro atoms. The third-order valence-electron chi connectivity index (χ3n) is 4.69. The summed E-state index contributed by atoms with van der Waals surface area (Å²) >= 11 is 0. The van der Waals surface area contributed by atoms with E-state index in [9.17, 15) is 56.3 Å². The van der Waals surface area contributed by atoms with Gasteiger partial charge in [-0.05, 0) is 41.9 Å². The molecule has 0 amide bonds. The zero-order valence-electron chi connectivity index (χ0n) is 18.5. The molecule has 1 aromatic carbocycles. The number of sulfonamides is 1. The van der Waals surface area contributed by atoms with E-state index < -0.39 is 53.3 Å². The maximum absolute atomic E-state index is 14.0. The number of halogens is 9. The van der Waals surface area contributed by atoms with Gasteiger partial charge in [-0.25, -0.2) is 8.42 Å². The van der Waals surface area contributed by atoms with Crippen LogP contribution >= 0.6 is 0 Å². The normalized spacial score (nSPS) is 15.5. The Labute approximate surface area is 196 Å². The molecule has 204 valence electrons. The highest BCUT2D eigenvalue weighted by molar-refractivity contribution is 7.90. The van der Waals surface area contributed by atoms with Crippen molar-refractivity contribution in [1.29, 1.82) is 0 Å². The van der Waals surface area contributed by atoms with Crippen molar-refractivity contribution in [2.24, 2.45) is 11.8 Å². The van der Waals surface area contributed by atoms with Crippen LogP contribution in [0.15, 0.2) is 24.3 Å². The molecule has 0 heterocycles. The molecular weight excluding hydrogens is 545 g/mol. The molecule has 0 saturated carbocycles. The van der Waals surface area contributed by atoms with Crippen LogP contribution in [0.5, 0.6) is 5.75 Å². The fourth-order valence-electron chi connectivity index (χ4n) is 2.88. The lowest BCUT2D eigenvalue weighted by atomic mass is 9.82. The van der Waals surface area contributed by atoms with Crippen LogP contribution < -0.4 is 8.91 Å². The lowest BCUT2D eigenvalue weighted by Gasteiger charge is -2.31. The van der Waals surface area contributed by atoms with Crippen molar-refractivity contribution in [2.45, 2.75) is 62.8 Å². The van der Waals surface area contributed by atoms with Gasteiger partial charge in [0, 0.05) is 0 Å². The number of alkyl halides is 9. The van der Waals surface area contributed by atoms with Crippen molar-refractivity contribution < 1.29 is 60.5 Å². The zero-order chi connectivity index (χ0) is 27.8. The summed E-state index contributed by atoms with van der Waals surface area (Å²) in [5.41, 5.74) is -5.99. The first-order chi connectivity index (χ1) is 15.4. The van der Waals surface area contributed by atoms with Crippen LogP contribution in [-0.4, -0.2) is 39.6 Å². The van der Waals surface area contributed by atoms with Crippen molar-refractivity contribution in [3.8, 4) is 5.75 Å². The molecule has 0 bridgehead atoms. The number of nitrogens with one attached hydrogen (secondary N) is 1. The van der Waals surface area contributed by atoms with Crippen LogP contribution in [0.4, 0.5) is 39.5 Å². The van der Waals surface area contributed by atoms with Gasteiger partial charge in [-0.15, -0.1) is 4.72 Å². The van der Waals surface area contributed by atoms with Gasteiger partial charge < -0.3 is 4.18 Å². The molecule has 1 unspecified atom stereocenters. The van der Waals surface area contributed by atoms with Gasteiger partial charge in [0.25, 0.3) is 0 Å². The lowest BCUT2D eigenvalue weighted by molar-refractivity contribution is -0.285. The van der Waals surface area contributed by atoms with E-state index in [-0.39, 0.29) is 17.8 Å². The van der Waals surface area contributed by atoms with E-state index in [4.69, 9.17) is 0 Å². The number of hydrogen-bond acceptors (Lipinski definition) is 5. The molecular formula is C18H22F9NO5S2. The summed E-state index contributed by atoms with van der Waals surface area (Å²) in [4.78, 5) is 0. The van der Waals surface area contributed by atoms with Crippen molar-refractivity contribution in [2.75, 3.05) is 0 Å². The summed E-state index contributed by atoms with van der Waals surface area (Å²) < 4.78 is 167. The highest BCUT2D eigenvalue weighted by Crippen LogP contribution is 2.48. The molecule has 6 nitrogen and oxygen atoms in total. The van der Waals surface area contributed by atoms with E-state index >= 15 is 0 Å². The van der Waals surface area contributed by atoms with Crippen molar-refractivity contribution in [3.05, 3.63) is 29.8 Å². The summed E-state index contributed by atoms with van der Waals surface area (Å²) in [7, 11) is -14.3. The molecule has 1 N–H and O–H groups in total. The minimum Gasteiger partial charge on any atom is -0.378 e. The molecule has 0 aromatic heterocycles. The average Bonchev–Trinajstić information content (AvgIpc) is 2.64. The van der Waals surface area contributed by atoms with Gasteiger partial charge in [0.2, 0.25) is 0 Å². The first-order valence-electron chi connectivity index (χ1n) is 9.67. The number of rotatable bonds is 11. The Morgan fingerprint density at radius 3 is 1.66 bits per heavy atom. The second-order valence-electron chi connectivity index (χ2n) is 8.30. The molecule has 0 aliphatic rings. The summed E-state index contributed by atoms with van der Waals surface area (Å²) in [5.74, 6) is -7.96. The number of hydrogen-bond donors (Lipinski definition) is 1. The van der Waals surface area contributed by atoms with Gasteiger partial charge in [0.05, 0.1) is 0 Å². The Kier molecular flexibility index (Phi) is 8.90. The highest BCUT2D eigenvalue weighted by Gasteiger charge is 2.80. The SMILES string of the molecule is CC(C)CC(c1ccc(OS(=O)(=O)C(F)(F)C(F)(F)C(F)(F)NS(=O)(=O)C(F)(F)F)cc1)C(C)C. The van der Waals surface area contributed by atoms with Crippen LogP contribution in [0.2, 0.25) is 0 Å². The van der Waals surface area contributed by atoms with Gasteiger partial charge >= 0.3 is 42.9 Å². The van der Waals surface area contributed by atoms with E-state index in [0.717, 1.165) is 12.1 Å². The molecule has 1 aromatic rings. The van der Waals surface area contributed by atoms with Gasteiger partial charge in [-0.2, -0.15) is 47.9 Å². The molecule has 1 atom stereocenters. The summed E-state index contributed by atoms with van der Waals surface area (Å²) in [6.45, 7) is 7.59. The third-order valence-corrected chi connectivity index (χ3v) is 7.12. The fraction of sp³-hybridized carbons (Fsp3) is 0.667. The summed E-state index contributed by atoms with van der Waals surface area (Å²) in [6.07, 6.45) is 0.670. The molecule has 0 fully saturated rings. The summed E-state index contributed by atoms with van der Waals surface area (Å²) in [5, 5.41) is -6.88. The lowest BCUT2D eigenvalue weighted by Crippen LogP contribution is -2.65. The Bertz CT molecular complexity index is 1080. The first-order valence-corrected chi connectivity index (χ1v) is 12.6. The first kappa shape index (κ1) is 31.3. The maximum Gasteiger partial charge on any atom is 0.511 e. The Morgan fingerprint density at radius 1 is 0.829 bits per heavy atom. The van der Waals surface area contributed by atoms with Gasteiger partial charge in [-0.3, -0.25) is 0 Å². The van der Waals surface area contributed by atoms with E-state index in [1.54, 1.807) is 0 Å². The van der Waals surface area contributed by atoms with Crippen LogP contribution in [-0.2, 0) is 20.1 Å². The predicted molar refractivity (Wildman–Crippen MR) is 106 cm³/mol. The van der Waals surface area contributed by atoms with E-state index in [0.29, 0.717) is 12.0 Å². The van der Waals surface area contributed by atoms with Crippen LogP contribution in [0.25, 0.3) is 0 Å². The second kappa shape index (κ2) is 9.95. The van der Waals surface area contributed by atoms with Crippen molar-refractivity contribution in [3.63, 3.8) is 0 Å². The quantitative estimate of drug-likeness (QED) is 0.219. The molecule has 0 saturated heterocycles. The molecule has 1 rings (SSSR count). The molecule has 0 radical (unpaired) electrons. The third kappa shape index (κ3) is 6.53. The topological polar surface area (TPSA) is 89.5 Å². The van der Waals surface area contributed by atoms with E-state index in [2.05, 4.69) is 4.18 Å². The van der Waals surface area contributed by atoms with Crippen molar-refractivity contribution >= 4 is 20.1 Å². The standard InChI is InChI=1S/C18H22F9NO5S2/c1-10(2)9-14(11(3)4)12-5-7-13(8-6-12)33-35(31,32)17(23,24)15(19,20)16(21,22)28-34(29,30)18(25,26)27/h5-8,10-11,14,28H,9H2,1-4H3. The largest absolute Gasteiger partial charge is 0.511 e. The van der Waals surface area contributed by atoms with Crippen LogP contribution in [0, 0.1) is 11.8 Å². The minimum atomic E-state index is -7.28. The fourth-order valence-corrected chi connectivity index (χ4v) is 4.37. The highest BCUT2D eigenvalue weighted by atomic mass is 32.2. The second-order valence-corrected chi connectivity index (χ2v) is 11.6. The molecule has 0 aliphatic heterocycles.